The molecule has 0 saturated carbocycles. The molecule has 3 nitrogen and oxygen atoms in total. The molecule has 0 aliphatic rings. The average Bonchev–Trinajstić information content (AvgIpc) is 2.92. The van der Waals surface area contributed by atoms with Gasteiger partial charge in [0.1, 0.15) is 6.33 Å². The Morgan fingerprint density at radius 3 is 2.90 bits per heavy atom. The van der Waals surface area contributed by atoms with E-state index in [1.807, 2.05) is 24.5 Å². The van der Waals surface area contributed by atoms with E-state index in [2.05, 4.69) is 52.1 Å². The fraction of sp³-hybridized carbons (Fsp3) is 0.235. The van der Waals surface area contributed by atoms with Crippen molar-refractivity contribution in [3.8, 4) is 5.69 Å². The van der Waals surface area contributed by atoms with Crippen LogP contribution in [0.15, 0.2) is 54.9 Å². The number of hydrogen-bond donors (Lipinski definition) is 1. The fourth-order valence-electron chi connectivity index (χ4n) is 2.39. The van der Waals surface area contributed by atoms with E-state index >= 15 is 0 Å². The summed E-state index contributed by atoms with van der Waals surface area (Å²) in [4.78, 5) is 4.45. The van der Waals surface area contributed by atoms with E-state index in [9.17, 15) is 0 Å². The van der Waals surface area contributed by atoms with Crippen molar-refractivity contribution in [1.82, 2.24) is 14.9 Å². The van der Waals surface area contributed by atoms with Crippen molar-refractivity contribution in [2.24, 2.45) is 0 Å². The molecule has 1 aromatic heterocycles. The first-order valence-electron chi connectivity index (χ1n) is 7.10. The summed E-state index contributed by atoms with van der Waals surface area (Å²) in [6.45, 7) is 4.15. The van der Waals surface area contributed by atoms with Gasteiger partial charge in [-0.1, -0.05) is 31.2 Å². The van der Waals surface area contributed by atoms with Gasteiger partial charge >= 0.3 is 0 Å². The number of aromatic nitrogens is 2. The maximum Gasteiger partial charge on any atom is 0.100 e. The number of nitrogens with zero attached hydrogens (tertiary/aromatic N) is 2. The molecule has 0 bridgehead atoms. The molecule has 1 N–H and O–H groups in total. The van der Waals surface area contributed by atoms with Crippen molar-refractivity contribution in [2.75, 3.05) is 6.54 Å². The molecule has 0 saturated heterocycles. The van der Waals surface area contributed by atoms with Crippen LogP contribution in [0.25, 0.3) is 16.7 Å². The molecule has 0 aliphatic carbocycles. The van der Waals surface area contributed by atoms with Crippen molar-refractivity contribution in [3.63, 3.8) is 0 Å². The normalized spacial score (nSPS) is 11.1. The number of rotatable bonds is 5. The molecule has 3 aromatic rings. The number of imidazole rings is 1. The van der Waals surface area contributed by atoms with Gasteiger partial charge in [0.2, 0.25) is 0 Å². The van der Waals surface area contributed by atoms with Crippen molar-refractivity contribution in [3.05, 3.63) is 60.4 Å². The summed E-state index contributed by atoms with van der Waals surface area (Å²) in [6, 6.07) is 16.8. The van der Waals surface area contributed by atoms with Gasteiger partial charge < -0.3 is 5.32 Å². The lowest BCUT2D eigenvalue weighted by atomic mass is 10.2. The van der Waals surface area contributed by atoms with Gasteiger partial charge in [-0.3, -0.25) is 4.57 Å². The van der Waals surface area contributed by atoms with E-state index in [-0.39, 0.29) is 0 Å². The van der Waals surface area contributed by atoms with Crippen LogP contribution in [-0.2, 0) is 6.54 Å². The number of nitrogens with one attached hydrogen (secondary N) is 1. The van der Waals surface area contributed by atoms with Crippen LogP contribution in [0.3, 0.4) is 0 Å². The second-order valence-corrected chi connectivity index (χ2v) is 4.95. The molecule has 0 spiro atoms. The first-order chi connectivity index (χ1) is 9.88. The van der Waals surface area contributed by atoms with Gasteiger partial charge in [-0.15, -0.1) is 0 Å². The topological polar surface area (TPSA) is 29.9 Å². The Morgan fingerprint density at radius 1 is 1.10 bits per heavy atom. The van der Waals surface area contributed by atoms with Crippen molar-refractivity contribution in [1.29, 1.82) is 0 Å². The van der Waals surface area contributed by atoms with Gasteiger partial charge in [0.05, 0.1) is 11.0 Å². The second-order valence-electron chi connectivity index (χ2n) is 4.95. The van der Waals surface area contributed by atoms with Crippen LogP contribution < -0.4 is 5.32 Å². The zero-order valence-electron chi connectivity index (χ0n) is 11.7. The monoisotopic (exact) mass is 265 g/mol. The molecule has 0 radical (unpaired) electrons. The molecule has 0 unspecified atom stereocenters. The lowest BCUT2D eigenvalue weighted by Crippen LogP contribution is -2.13. The smallest absolute Gasteiger partial charge is 0.100 e. The van der Waals surface area contributed by atoms with Crippen molar-refractivity contribution >= 4 is 11.0 Å². The Hall–Kier alpha value is -2.13. The van der Waals surface area contributed by atoms with Gasteiger partial charge in [0, 0.05) is 12.2 Å². The molecule has 3 rings (SSSR count). The van der Waals surface area contributed by atoms with E-state index in [0.717, 1.165) is 36.2 Å². The first kappa shape index (κ1) is 12.9. The predicted molar refractivity (Wildman–Crippen MR) is 83.1 cm³/mol. The summed E-state index contributed by atoms with van der Waals surface area (Å²) in [5.74, 6) is 0. The molecule has 0 atom stereocenters. The van der Waals surface area contributed by atoms with E-state index in [1.54, 1.807) is 0 Å². The second kappa shape index (κ2) is 5.88. The number of hydrogen-bond acceptors (Lipinski definition) is 2. The van der Waals surface area contributed by atoms with Gasteiger partial charge in [0.25, 0.3) is 0 Å². The number of benzene rings is 2. The molecule has 3 heteroatoms. The molecule has 0 aliphatic heterocycles. The Labute approximate surface area is 119 Å². The molecular weight excluding hydrogens is 246 g/mol. The third-order valence-electron chi connectivity index (χ3n) is 3.40. The minimum Gasteiger partial charge on any atom is -0.313 e. The largest absolute Gasteiger partial charge is 0.313 e. The van der Waals surface area contributed by atoms with Crippen LogP contribution in [0.4, 0.5) is 0 Å². The Bertz CT molecular complexity index is 700. The summed E-state index contributed by atoms with van der Waals surface area (Å²) in [5.41, 5.74) is 4.64. The van der Waals surface area contributed by atoms with Crippen LogP contribution in [0.2, 0.25) is 0 Å². The molecule has 2 aromatic carbocycles. The summed E-state index contributed by atoms with van der Waals surface area (Å²) >= 11 is 0. The van der Waals surface area contributed by atoms with E-state index in [0.29, 0.717) is 0 Å². The lowest BCUT2D eigenvalue weighted by molar-refractivity contribution is 0.675. The zero-order valence-corrected chi connectivity index (χ0v) is 11.7. The third kappa shape index (κ3) is 2.58. The van der Waals surface area contributed by atoms with Crippen molar-refractivity contribution < 1.29 is 0 Å². The summed E-state index contributed by atoms with van der Waals surface area (Å²) in [5, 5.41) is 3.44. The fourth-order valence-corrected chi connectivity index (χ4v) is 2.39. The molecule has 1 heterocycles. The lowest BCUT2D eigenvalue weighted by Gasteiger charge is -2.08. The summed E-state index contributed by atoms with van der Waals surface area (Å²) in [6.07, 6.45) is 3.05. The van der Waals surface area contributed by atoms with Crippen LogP contribution in [-0.4, -0.2) is 16.1 Å². The van der Waals surface area contributed by atoms with Crippen LogP contribution in [0, 0.1) is 0 Å². The van der Waals surface area contributed by atoms with E-state index in [4.69, 9.17) is 0 Å². The van der Waals surface area contributed by atoms with Crippen molar-refractivity contribution in [2.45, 2.75) is 19.9 Å². The van der Waals surface area contributed by atoms with E-state index in [1.165, 1.54) is 5.56 Å². The highest BCUT2D eigenvalue weighted by atomic mass is 15.0. The quantitative estimate of drug-likeness (QED) is 0.715. The Balaban J connectivity index is 1.92. The standard InChI is InChI=1S/C17H19N3/c1-2-10-18-12-14-6-5-7-15(11-14)20-13-19-16-8-3-4-9-17(16)20/h3-9,11,13,18H,2,10,12H2,1H3. The minimum absolute atomic E-state index is 0.911. The zero-order chi connectivity index (χ0) is 13.8. The average molecular weight is 265 g/mol. The summed E-state index contributed by atoms with van der Waals surface area (Å²) in [7, 11) is 0. The molecule has 0 amide bonds. The highest BCUT2D eigenvalue weighted by Crippen LogP contribution is 2.18. The van der Waals surface area contributed by atoms with Crippen LogP contribution >= 0.6 is 0 Å². The van der Waals surface area contributed by atoms with Gasteiger partial charge in [-0.2, -0.15) is 0 Å². The van der Waals surface area contributed by atoms with Gasteiger partial charge in [-0.05, 0) is 42.8 Å². The highest BCUT2D eigenvalue weighted by molar-refractivity contribution is 5.77. The van der Waals surface area contributed by atoms with Crippen LogP contribution in [0.1, 0.15) is 18.9 Å². The number of para-hydroxylation sites is 2. The SMILES string of the molecule is CCCNCc1cccc(-n2cnc3ccccc32)c1. The number of fused-ring (bicyclic) bond motifs is 1. The molecule has 0 fully saturated rings. The maximum absolute atomic E-state index is 4.45. The molecule has 20 heavy (non-hydrogen) atoms. The molecular formula is C17H19N3. The maximum atomic E-state index is 4.45. The van der Waals surface area contributed by atoms with Crippen LogP contribution in [0.5, 0.6) is 0 Å². The summed E-state index contributed by atoms with van der Waals surface area (Å²) < 4.78 is 2.14. The molecule has 102 valence electrons. The van der Waals surface area contributed by atoms with E-state index < -0.39 is 0 Å². The third-order valence-corrected chi connectivity index (χ3v) is 3.40. The highest BCUT2D eigenvalue weighted by Gasteiger charge is 2.04. The predicted octanol–water partition coefficient (Wildman–Crippen LogP) is 3.53. The Morgan fingerprint density at radius 2 is 2.00 bits per heavy atom. The first-order valence-corrected chi connectivity index (χ1v) is 7.10. The Kier molecular flexibility index (Phi) is 3.79. The minimum atomic E-state index is 0.911. The van der Waals surface area contributed by atoms with Gasteiger partial charge in [-0.25, -0.2) is 4.98 Å². The van der Waals surface area contributed by atoms with Gasteiger partial charge in [0.15, 0.2) is 0 Å².